The van der Waals surface area contributed by atoms with Gasteiger partial charge in [-0.2, -0.15) is 0 Å². The van der Waals surface area contributed by atoms with Crippen molar-refractivity contribution in [2.75, 3.05) is 33.1 Å². The van der Waals surface area contributed by atoms with Crippen LogP contribution in [0.25, 0.3) is 33.5 Å². The third-order valence-electron chi connectivity index (χ3n) is 7.26. The third kappa shape index (κ3) is 3.78. The molecule has 0 radical (unpaired) electrons. The highest BCUT2D eigenvalue weighted by molar-refractivity contribution is 6.08. The molecule has 0 bridgehead atoms. The van der Waals surface area contributed by atoms with Gasteiger partial charge in [0, 0.05) is 39.6 Å². The van der Waals surface area contributed by atoms with Gasteiger partial charge in [-0.25, -0.2) is 0 Å². The van der Waals surface area contributed by atoms with Crippen molar-refractivity contribution in [1.82, 2.24) is 4.90 Å². The summed E-state index contributed by atoms with van der Waals surface area (Å²) in [4.78, 5) is 4.40. The van der Waals surface area contributed by atoms with Gasteiger partial charge in [-0.3, -0.25) is 0 Å². The van der Waals surface area contributed by atoms with Crippen molar-refractivity contribution >= 4 is 28.1 Å². The van der Waals surface area contributed by atoms with E-state index >= 15 is 0 Å². The smallest absolute Gasteiger partial charge is 0.0361 e. The van der Waals surface area contributed by atoms with E-state index in [1.807, 2.05) is 0 Å². The molecule has 1 atom stereocenters. The Morgan fingerprint density at radius 3 is 2.06 bits per heavy atom. The first-order valence-corrected chi connectivity index (χ1v) is 12.1. The number of rotatable bonds is 4. The van der Waals surface area contributed by atoms with E-state index in [1.54, 1.807) is 0 Å². The largest absolute Gasteiger partial charge is 0.381 e. The van der Waals surface area contributed by atoms with Crippen LogP contribution in [-0.4, -0.2) is 33.1 Å². The van der Waals surface area contributed by atoms with Crippen LogP contribution in [0.5, 0.6) is 0 Å². The summed E-state index contributed by atoms with van der Waals surface area (Å²) >= 11 is 0. The Bertz CT molecular complexity index is 1290. The minimum absolute atomic E-state index is 0.494. The van der Waals surface area contributed by atoms with Gasteiger partial charge in [-0.15, -0.1) is 0 Å². The predicted molar refractivity (Wildman–Crippen MR) is 145 cm³/mol. The Kier molecular flexibility index (Phi) is 5.62. The zero-order chi connectivity index (χ0) is 23.1. The van der Waals surface area contributed by atoms with Gasteiger partial charge in [-0.1, -0.05) is 61.5 Å². The quantitative estimate of drug-likeness (QED) is 0.415. The molecule has 0 fully saturated rings. The van der Waals surface area contributed by atoms with E-state index in [-0.39, 0.29) is 0 Å². The Hall–Kier alpha value is -3.26. The average Bonchev–Trinajstić information content (AvgIpc) is 2.83. The molecule has 1 unspecified atom stereocenters. The molecule has 0 saturated carbocycles. The van der Waals surface area contributed by atoms with Crippen molar-refractivity contribution in [3.8, 4) is 11.1 Å². The van der Waals surface area contributed by atoms with E-state index in [0.29, 0.717) is 5.92 Å². The maximum atomic E-state index is 2.39. The molecule has 2 aliphatic carbocycles. The van der Waals surface area contributed by atoms with Gasteiger partial charge < -0.3 is 9.80 Å². The normalized spacial score (nSPS) is 17.4. The summed E-state index contributed by atoms with van der Waals surface area (Å²) in [5.74, 6) is 0.494. The standard InChI is InChI=1S/C31H34N2/c1-21-9-8-12-28-29(21)31(23-15-19-25(20-16-23)33(4)5)27-11-7-6-10-26(27)30(28)22-13-17-24(18-14-22)32(2)3/h6-8,10-13,15-17,19-21H,9,14,18H2,1-5H3. The first-order valence-electron chi connectivity index (χ1n) is 12.1. The highest BCUT2D eigenvalue weighted by atomic mass is 15.1. The van der Waals surface area contributed by atoms with Gasteiger partial charge in [0.15, 0.2) is 0 Å². The second-order valence-corrected chi connectivity index (χ2v) is 9.85. The van der Waals surface area contributed by atoms with Crippen LogP contribution >= 0.6 is 0 Å². The topological polar surface area (TPSA) is 6.48 Å². The van der Waals surface area contributed by atoms with E-state index < -0.39 is 0 Å². The summed E-state index contributed by atoms with van der Waals surface area (Å²) < 4.78 is 0. The summed E-state index contributed by atoms with van der Waals surface area (Å²) in [6.07, 6.45) is 12.7. The Labute approximate surface area is 198 Å². The number of hydrogen-bond donors (Lipinski definition) is 0. The van der Waals surface area contributed by atoms with Gasteiger partial charge in [0.05, 0.1) is 0 Å². The zero-order valence-electron chi connectivity index (χ0n) is 20.5. The molecule has 0 heterocycles. The minimum Gasteiger partial charge on any atom is -0.381 e. The molecule has 0 saturated heterocycles. The molecule has 5 rings (SSSR count). The van der Waals surface area contributed by atoms with E-state index in [2.05, 4.69) is 118 Å². The minimum atomic E-state index is 0.494. The van der Waals surface area contributed by atoms with Crippen LogP contribution in [0.15, 0.2) is 72.5 Å². The second kappa shape index (κ2) is 8.59. The number of anilines is 1. The number of nitrogens with zero attached hydrogens (tertiary/aromatic N) is 2. The molecule has 0 aliphatic heterocycles. The summed E-state index contributed by atoms with van der Waals surface area (Å²) in [5, 5.41) is 2.74. The van der Waals surface area contributed by atoms with Crippen molar-refractivity contribution in [2.45, 2.75) is 32.1 Å². The van der Waals surface area contributed by atoms with Gasteiger partial charge >= 0.3 is 0 Å². The van der Waals surface area contributed by atoms with E-state index in [0.717, 1.165) is 19.3 Å². The van der Waals surface area contributed by atoms with Crippen LogP contribution < -0.4 is 4.90 Å². The summed E-state index contributed by atoms with van der Waals surface area (Å²) in [6.45, 7) is 2.39. The summed E-state index contributed by atoms with van der Waals surface area (Å²) in [7, 11) is 8.48. The summed E-state index contributed by atoms with van der Waals surface area (Å²) in [6, 6.07) is 18.1. The molecule has 0 aromatic heterocycles. The Morgan fingerprint density at radius 1 is 0.758 bits per heavy atom. The number of hydrogen-bond acceptors (Lipinski definition) is 2. The van der Waals surface area contributed by atoms with Crippen LogP contribution in [0.3, 0.4) is 0 Å². The lowest BCUT2D eigenvalue weighted by atomic mass is 9.75. The van der Waals surface area contributed by atoms with E-state index in [9.17, 15) is 0 Å². The average molecular weight is 435 g/mol. The number of fused-ring (bicyclic) bond motifs is 2. The molecular formula is C31H34N2. The van der Waals surface area contributed by atoms with Gasteiger partial charge in [0.1, 0.15) is 0 Å². The first kappa shape index (κ1) is 21.6. The molecule has 168 valence electrons. The molecular weight excluding hydrogens is 400 g/mol. The van der Waals surface area contributed by atoms with Crippen molar-refractivity contribution in [2.24, 2.45) is 0 Å². The number of benzene rings is 3. The molecule has 3 aromatic carbocycles. The van der Waals surface area contributed by atoms with Gasteiger partial charge in [-0.05, 0) is 87.6 Å². The number of allylic oxidation sites excluding steroid dienone is 5. The van der Waals surface area contributed by atoms with E-state index in [4.69, 9.17) is 0 Å². The molecule has 2 nitrogen and oxygen atoms in total. The maximum Gasteiger partial charge on any atom is 0.0361 e. The van der Waals surface area contributed by atoms with Crippen molar-refractivity contribution in [1.29, 1.82) is 0 Å². The van der Waals surface area contributed by atoms with E-state index in [1.165, 1.54) is 55.5 Å². The molecule has 0 N–H and O–H groups in total. The first-order chi connectivity index (χ1) is 16.0. The monoisotopic (exact) mass is 434 g/mol. The fourth-order valence-corrected chi connectivity index (χ4v) is 5.46. The fourth-order valence-electron chi connectivity index (χ4n) is 5.46. The second-order valence-electron chi connectivity index (χ2n) is 9.85. The van der Waals surface area contributed by atoms with Crippen LogP contribution in [-0.2, 0) is 0 Å². The van der Waals surface area contributed by atoms with Crippen LogP contribution in [0.4, 0.5) is 5.69 Å². The zero-order valence-corrected chi connectivity index (χ0v) is 20.5. The van der Waals surface area contributed by atoms with Gasteiger partial charge in [0.25, 0.3) is 0 Å². The Morgan fingerprint density at radius 2 is 1.45 bits per heavy atom. The lowest BCUT2D eigenvalue weighted by molar-refractivity contribution is 0.487. The Balaban J connectivity index is 1.80. The maximum absolute atomic E-state index is 2.39. The molecule has 2 heteroatoms. The molecule has 0 spiro atoms. The lowest BCUT2D eigenvalue weighted by Gasteiger charge is -2.29. The predicted octanol–water partition coefficient (Wildman–Crippen LogP) is 7.72. The van der Waals surface area contributed by atoms with Crippen molar-refractivity contribution in [3.63, 3.8) is 0 Å². The van der Waals surface area contributed by atoms with Crippen LogP contribution in [0.1, 0.15) is 48.8 Å². The summed E-state index contributed by atoms with van der Waals surface area (Å²) in [5.41, 5.74) is 11.2. The molecule has 0 amide bonds. The highest BCUT2D eigenvalue weighted by Crippen LogP contribution is 2.47. The molecule has 2 aliphatic rings. The highest BCUT2D eigenvalue weighted by Gasteiger charge is 2.26. The van der Waals surface area contributed by atoms with Crippen LogP contribution in [0, 0.1) is 0 Å². The van der Waals surface area contributed by atoms with Crippen molar-refractivity contribution in [3.05, 3.63) is 89.1 Å². The van der Waals surface area contributed by atoms with Crippen LogP contribution in [0.2, 0.25) is 0 Å². The fraction of sp³-hybridized carbons (Fsp3) is 0.290. The SMILES string of the molecule is CC1CC=Cc2c1c(-c1ccc(N(C)C)cc1)c1ccccc1c2C1=CC=C(N(C)C)CC1. The third-order valence-corrected chi connectivity index (χ3v) is 7.26. The molecule has 3 aromatic rings. The van der Waals surface area contributed by atoms with Crippen molar-refractivity contribution < 1.29 is 0 Å². The van der Waals surface area contributed by atoms with Gasteiger partial charge in [0.2, 0.25) is 0 Å². The molecule has 33 heavy (non-hydrogen) atoms. The lowest BCUT2D eigenvalue weighted by Crippen LogP contribution is -2.13.